The number of aliphatic hydroxyl groups is 1. The van der Waals surface area contributed by atoms with Crippen molar-refractivity contribution in [2.75, 3.05) is 31.6 Å². The molecule has 0 aliphatic carbocycles. The molecule has 0 unspecified atom stereocenters. The molecule has 1 aromatic carbocycles. The van der Waals surface area contributed by atoms with Crippen molar-refractivity contribution >= 4 is 11.6 Å². The summed E-state index contributed by atoms with van der Waals surface area (Å²) in [5.41, 5.74) is 3.21. The maximum atomic E-state index is 12.4. The van der Waals surface area contributed by atoms with Crippen molar-refractivity contribution < 1.29 is 9.90 Å². The largest absolute Gasteiger partial charge is 0.396 e. The van der Waals surface area contributed by atoms with Crippen molar-refractivity contribution in [3.05, 3.63) is 29.3 Å². The Labute approximate surface area is 113 Å². The number of hydrogen-bond donors (Lipinski definition) is 2. The second-order valence-corrected chi connectivity index (χ2v) is 5.47. The van der Waals surface area contributed by atoms with Gasteiger partial charge < -0.3 is 15.3 Å². The minimum Gasteiger partial charge on any atom is -0.396 e. The highest BCUT2D eigenvalue weighted by Gasteiger charge is 2.24. The quantitative estimate of drug-likeness (QED) is 0.847. The number of benzene rings is 1. The van der Waals surface area contributed by atoms with Gasteiger partial charge >= 0.3 is 0 Å². The van der Waals surface area contributed by atoms with Crippen molar-refractivity contribution in [1.29, 1.82) is 0 Å². The average molecular weight is 260 g/mol. The van der Waals surface area contributed by atoms with Crippen LogP contribution in [0.25, 0.3) is 0 Å². The number of carbonyl (C=O) groups is 1. The van der Waals surface area contributed by atoms with E-state index >= 15 is 0 Å². The number of piperidine rings is 1. The van der Waals surface area contributed by atoms with Crippen LogP contribution in [0, 0.1) is 5.92 Å². The molecule has 2 heterocycles. The lowest BCUT2D eigenvalue weighted by Crippen LogP contribution is -2.39. The maximum absolute atomic E-state index is 12.4. The number of likely N-dealkylation sites (tertiary alicyclic amines) is 1. The first-order valence-corrected chi connectivity index (χ1v) is 7.05. The van der Waals surface area contributed by atoms with E-state index in [0.29, 0.717) is 5.92 Å². The molecule has 19 heavy (non-hydrogen) atoms. The summed E-state index contributed by atoms with van der Waals surface area (Å²) in [5.74, 6) is 0.499. The minimum atomic E-state index is 0.131. The van der Waals surface area contributed by atoms with E-state index in [-0.39, 0.29) is 12.5 Å². The number of fused-ring (bicyclic) bond motifs is 1. The molecule has 0 saturated carbocycles. The second kappa shape index (κ2) is 5.21. The van der Waals surface area contributed by atoms with Gasteiger partial charge in [0.1, 0.15) is 0 Å². The van der Waals surface area contributed by atoms with Crippen LogP contribution in [-0.2, 0) is 6.42 Å². The molecule has 2 N–H and O–H groups in total. The molecule has 4 nitrogen and oxygen atoms in total. The van der Waals surface area contributed by atoms with E-state index in [1.807, 2.05) is 23.1 Å². The maximum Gasteiger partial charge on any atom is 0.253 e. The topological polar surface area (TPSA) is 52.6 Å². The Hall–Kier alpha value is -1.55. The van der Waals surface area contributed by atoms with Gasteiger partial charge in [-0.15, -0.1) is 0 Å². The van der Waals surface area contributed by atoms with E-state index in [1.54, 1.807) is 0 Å². The fraction of sp³-hybridized carbons (Fsp3) is 0.533. The van der Waals surface area contributed by atoms with Crippen LogP contribution >= 0.6 is 0 Å². The lowest BCUT2D eigenvalue weighted by Gasteiger charge is -2.31. The SMILES string of the molecule is O=C(c1ccc2c(c1)CCN2)N1CCC(CO)CC1. The summed E-state index contributed by atoms with van der Waals surface area (Å²) >= 11 is 0. The number of nitrogens with one attached hydrogen (secondary N) is 1. The lowest BCUT2D eigenvalue weighted by molar-refractivity contribution is 0.0651. The Balaban J connectivity index is 1.70. The normalized spacial score (nSPS) is 19.1. The standard InChI is InChI=1S/C15H20N2O2/c18-10-11-4-7-17(8-5-11)15(19)13-1-2-14-12(9-13)3-6-16-14/h1-2,9,11,16,18H,3-8,10H2. The van der Waals surface area contributed by atoms with Crippen LogP contribution < -0.4 is 5.32 Å². The third-order valence-corrected chi connectivity index (χ3v) is 4.22. The van der Waals surface area contributed by atoms with E-state index in [9.17, 15) is 4.79 Å². The molecule has 1 aromatic rings. The van der Waals surface area contributed by atoms with E-state index in [1.165, 1.54) is 5.56 Å². The summed E-state index contributed by atoms with van der Waals surface area (Å²) in [6, 6.07) is 5.95. The molecule has 1 fully saturated rings. The van der Waals surface area contributed by atoms with E-state index < -0.39 is 0 Å². The summed E-state index contributed by atoms with van der Waals surface area (Å²) in [4.78, 5) is 14.4. The van der Waals surface area contributed by atoms with Crippen LogP contribution in [-0.4, -0.2) is 42.2 Å². The number of hydrogen-bond acceptors (Lipinski definition) is 3. The Morgan fingerprint density at radius 1 is 1.37 bits per heavy atom. The van der Waals surface area contributed by atoms with Crippen molar-refractivity contribution in [1.82, 2.24) is 4.90 Å². The third kappa shape index (κ3) is 2.45. The van der Waals surface area contributed by atoms with Gasteiger partial charge in [0.15, 0.2) is 0 Å². The predicted octanol–water partition coefficient (Wildman–Crippen LogP) is 1.50. The van der Waals surface area contributed by atoms with Crippen molar-refractivity contribution in [2.24, 2.45) is 5.92 Å². The van der Waals surface area contributed by atoms with E-state index in [4.69, 9.17) is 5.11 Å². The predicted molar refractivity (Wildman–Crippen MR) is 74.3 cm³/mol. The highest BCUT2D eigenvalue weighted by molar-refractivity contribution is 5.95. The van der Waals surface area contributed by atoms with Gasteiger partial charge in [-0.25, -0.2) is 0 Å². The third-order valence-electron chi connectivity index (χ3n) is 4.22. The van der Waals surface area contributed by atoms with Crippen molar-refractivity contribution in [3.63, 3.8) is 0 Å². The monoisotopic (exact) mass is 260 g/mol. The van der Waals surface area contributed by atoms with Crippen LogP contribution in [0.4, 0.5) is 5.69 Å². The molecule has 0 spiro atoms. The van der Waals surface area contributed by atoms with Crippen LogP contribution in [0.5, 0.6) is 0 Å². The van der Waals surface area contributed by atoms with Gasteiger partial charge in [-0.2, -0.15) is 0 Å². The van der Waals surface area contributed by atoms with Gasteiger partial charge in [0.2, 0.25) is 0 Å². The van der Waals surface area contributed by atoms with Gasteiger partial charge in [0, 0.05) is 37.5 Å². The molecule has 0 aromatic heterocycles. The van der Waals surface area contributed by atoms with Gasteiger partial charge in [0.25, 0.3) is 5.91 Å². The molecule has 3 rings (SSSR count). The molecule has 0 atom stereocenters. The second-order valence-electron chi connectivity index (χ2n) is 5.47. The van der Waals surface area contributed by atoms with Crippen molar-refractivity contribution in [3.8, 4) is 0 Å². The molecule has 2 aliphatic heterocycles. The fourth-order valence-electron chi connectivity index (χ4n) is 2.94. The zero-order chi connectivity index (χ0) is 13.2. The zero-order valence-corrected chi connectivity index (χ0v) is 11.1. The minimum absolute atomic E-state index is 0.131. The Morgan fingerprint density at radius 3 is 2.89 bits per heavy atom. The first-order chi connectivity index (χ1) is 9.28. The number of amides is 1. The fourth-order valence-corrected chi connectivity index (χ4v) is 2.94. The molecule has 1 saturated heterocycles. The molecule has 2 aliphatic rings. The molecule has 102 valence electrons. The van der Waals surface area contributed by atoms with Crippen LogP contribution in [0.1, 0.15) is 28.8 Å². The summed E-state index contributed by atoms with van der Waals surface area (Å²) in [7, 11) is 0. The highest BCUT2D eigenvalue weighted by atomic mass is 16.3. The first-order valence-electron chi connectivity index (χ1n) is 7.05. The van der Waals surface area contributed by atoms with Gasteiger partial charge in [-0.05, 0) is 48.9 Å². The molecule has 0 radical (unpaired) electrons. The zero-order valence-electron chi connectivity index (χ0n) is 11.1. The van der Waals surface area contributed by atoms with Gasteiger partial charge in [0.05, 0.1) is 0 Å². The number of aliphatic hydroxyl groups excluding tert-OH is 1. The molecule has 4 heteroatoms. The molecular formula is C15H20N2O2. The van der Waals surface area contributed by atoms with E-state index in [0.717, 1.165) is 50.1 Å². The lowest BCUT2D eigenvalue weighted by atomic mass is 9.97. The summed E-state index contributed by atoms with van der Waals surface area (Å²) in [5, 5.41) is 12.4. The summed E-state index contributed by atoms with van der Waals surface area (Å²) in [6.07, 6.45) is 2.83. The number of carbonyl (C=O) groups excluding carboxylic acids is 1. The van der Waals surface area contributed by atoms with Crippen molar-refractivity contribution in [2.45, 2.75) is 19.3 Å². The Kier molecular flexibility index (Phi) is 3.42. The Bertz CT molecular complexity index is 479. The molecule has 0 bridgehead atoms. The first kappa shape index (κ1) is 12.5. The number of rotatable bonds is 2. The number of nitrogens with zero attached hydrogens (tertiary/aromatic N) is 1. The molecular weight excluding hydrogens is 240 g/mol. The van der Waals surface area contributed by atoms with Crippen LogP contribution in [0.3, 0.4) is 0 Å². The Morgan fingerprint density at radius 2 is 2.16 bits per heavy atom. The van der Waals surface area contributed by atoms with Crippen LogP contribution in [0.2, 0.25) is 0 Å². The van der Waals surface area contributed by atoms with Gasteiger partial charge in [-0.1, -0.05) is 0 Å². The van der Waals surface area contributed by atoms with E-state index in [2.05, 4.69) is 5.32 Å². The number of anilines is 1. The van der Waals surface area contributed by atoms with Gasteiger partial charge in [-0.3, -0.25) is 4.79 Å². The summed E-state index contributed by atoms with van der Waals surface area (Å²) < 4.78 is 0. The summed E-state index contributed by atoms with van der Waals surface area (Å²) in [6.45, 7) is 2.74. The highest BCUT2D eigenvalue weighted by Crippen LogP contribution is 2.25. The van der Waals surface area contributed by atoms with Crippen LogP contribution in [0.15, 0.2) is 18.2 Å². The smallest absolute Gasteiger partial charge is 0.253 e. The molecule has 1 amide bonds. The average Bonchev–Trinajstić information content (AvgIpc) is 2.94.